The summed E-state index contributed by atoms with van der Waals surface area (Å²) < 4.78 is 10.6. The average molecular weight is 368 g/mol. The molecule has 1 heterocycles. The van der Waals surface area contributed by atoms with Crippen molar-refractivity contribution >= 4 is 5.71 Å². The molecule has 3 rings (SSSR count). The van der Waals surface area contributed by atoms with Gasteiger partial charge in [-0.3, -0.25) is 4.90 Å². The first-order valence-corrected chi connectivity index (χ1v) is 9.18. The van der Waals surface area contributed by atoms with Crippen molar-refractivity contribution < 1.29 is 14.3 Å². The molecule has 0 N–H and O–H groups in total. The number of ether oxygens (including phenoxy) is 2. The number of methoxy groups -OCH3 is 2. The SMILES string of the molecule is CO/N=C1\C[C@@H](c2ccc(OC)cc2)N(C)[C@@H](c2ccc(OC)cc2)[C@@H]1C. The van der Waals surface area contributed by atoms with Gasteiger partial charge in [-0.25, -0.2) is 0 Å². The highest BCUT2D eigenvalue weighted by molar-refractivity contribution is 5.88. The van der Waals surface area contributed by atoms with Gasteiger partial charge in [-0.15, -0.1) is 0 Å². The molecule has 1 fully saturated rings. The molecule has 5 heteroatoms. The van der Waals surface area contributed by atoms with E-state index in [-0.39, 0.29) is 18.0 Å². The van der Waals surface area contributed by atoms with Crippen molar-refractivity contribution in [3.63, 3.8) is 0 Å². The van der Waals surface area contributed by atoms with Gasteiger partial charge in [0.15, 0.2) is 0 Å². The quantitative estimate of drug-likeness (QED) is 0.731. The van der Waals surface area contributed by atoms with Crippen molar-refractivity contribution in [2.24, 2.45) is 11.1 Å². The molecule has 144 valence electrons. The molecule has 0 aliphatic carbocycles. The second-order valence-electron chi connectivity index (χ2n) is 6.93. The van der Waals surface area contributed by atoms with Gasteiger partial charge in [0, 0.05) is 24.4 Å². The molecular weight excluding hydrogens is 340 g/mol. The fraction of sp³-hybridized carbons (Fsp3) is 0.409. The lowest BCUT2D eigenvalue weighted by molar-refractivity contribution is 0.123. The minimum absolute atomic E-state index is 0.200. The van der Waals surface area contributed by atoms with Crippen molar-refractivity contribution in [2.75, 3.05) is 28.4 Å². The molecule has 0 bridgehead atoms. The van der Waals surface area contributed by atoms with Crippen LogP contribution >= 0.6 is 0 Å². The van der Waals surface area contributed by atoms with Gasteiger partial charge in [-0.1, -0.05) is 36.3 Å². The summed E-state index contributed by atoms with van der Waals surface area (Å²) in [5.41, 5.74) is 3.57. The third-order valence-corrected chi connectivity index (χ3v) is 5.50. The van der Waals surface area contributed by atoms with E-state index in [1.165, 1.54) is 11.1 Å². The normalized spacial score (nSPS) is 24.6. The predicted molar refractivity (Wildman–Crippen MR) is 107 cm³/mol. The summed E-state index contributed by atoms with van der Waals surface area (Å²) >= 11 is 0. The van der Waals surface area contributed by atoms with E-state index in [9.17, 15) is 0 Å². The summed E-state index contributed by atoms with van der Waals surface area (Å²) in [6, 6.07) is 17.0. The highest BCUT2D eigenvalue weighted by Crippen LogP contribution is 2.43. The van der Waals surface area contributed by atoms with Crippen LogP contribution in [0.2, 0.25) is 0 Å². The molecule has 5 nitrogen and oxygen atoms in total. The van der Waals surface area contributed by atoms with Crippen LogP contribution in [0.4, 0.5) is 0 Å². The van der Waals surface area contributed by atoms with E-state index < -0.39 is 0 Å². The van der Waals surface area contributed by atoms with Crippen LogP contribution in [0.5, 0.6) is 11.5 Å². The highest BCUT2D eigenvalue weighted by Gasteiger charge is 2.38. The minimum Gasteiger partial charge on any atom is -0.497 e. The number of hydrogen-bond donors (Lipinski definition) is 0. The maximum Gasteiger partial charge on any atom is 0.118 e. The summed E-state index contributed by atoms with van der Waals surface area (Å²) in [5.74, 6) is 1.98. The van der Waals surface area contributed by atoms with Crippen LogP contribution in [0, 0.1) is 5.92 Å². The molecule has 1 saturated heterocycles. The van der Waals surface area contributed by atoms with Crippen LogP contribution in [0.3, 0.4) is 0 Å². The number of oxime groups is 1. The van der Waals surface area contributed by atoms with Gasteiger partial charge in [0.1, 0.15) is 18.6 Å². The van der Waals surface area contributed by atoms with Crippen LogP contribution in [0.25, 0.3) is 0 Å². The van der Waals surface area contributed by atoms with Crippen LogP contribution in [-0.4, -0.2) is 39.0 Å². The maximum absolute atomic E-state index is 5.31. The molecule has 1 aliphatic heterocycles. The summed E-state index contributed by atoms with van der Waals surface area (Å²) in [6.45, 7) is 2.22. The molecule has 0 saturated carbocycles. The smallest absolute Gasteiger partial charge is 0.118 e. The van der Waals surface area contributed by atoms with Crippen molar-refractivity contribution in [1.82, 2.24) is 4.90 Å². The van der Waals surface area contributed by atoms with E-state index in [1.54, 1.807) is 21.3 Å². The standard InChI is InChI=1S/C22H28N2O3/c1-15-20(23-27-5)14-21(16-6-10-18(25-3)11-7-16)24(2)22(15)17-8-12-19(26-4)13-9-17/h6-13,15,21-22H,14H2,1-5H3/b23-20+/t15-,21+,22-/m1/s1. The Morgan fingerprint density at radius 2 is 1.37 bits per heavy atom. The fourth-order valence-corrected chi connectivity index (χ4v) is 4.00. The molecule has 1 aliphatic rings. The van der Waals surface area contributed by atoms with E-state index in [2.05, 4.69) is 48.3 Å². The molecule has 0 amide bonds. The molecule has 0 unspecified atom stereocenters. The van der Waals surface area contributed by atoms with Gasteiger partial charge >= 0.3 is 0 Å². The lowest BCUT2D eigenvalue weighted by atomic mass is 9.80. The Kier molecular flexibility index (Phi) is 6.01. The maximum atomic E-state index is 5.31. The Labute approximate surface area is 161 Å². The van der Waals surface area contributed by atoms with Crippen molar-refractivity contribution in [3.05, 3.63) is 59.7 Å². The average Bonchev–Trinajstić information content (AvgIpc) is 2.71. The zero-order valence-electron chi connectivity index (χ0n) is 16.7. The van der Waals surface area contributed by atoms with E-state index in [0.717, 1.165) is 23.6 Å². The topological polar surface area (TPSA) is 43.3 Å². The fourth-order valence-electron chi connectivity index (χ4n) is 4.00. The van der Waals surface area contributed by atoms with Crippen LogP contribution in [0.15, 0.2) is 53.7 Å². The monoisotopic (exact) mass is 368 g/mol. The second kappa shape index (κ2) is 8.44. The number of piperidine rings is 1. The van der Waals surface area contributed by atoms with E-state index in [1.807, 2.05) is 24.3 Å². The van der Waals surface area contributed by atoms with E-state index >= 15 is 0 Å². The zero-order valence-corrected chi connectivity index (χ0v) is 16.7. The number of benzene rings is 2. The lowest BCUT2D eigenvalue weighted by Gasteiger charge is -2.44. The summed E-state index contributed by atoms with van der Waals surface area (Å²) in [7, 11) is 7.17. The molecule has 0 aromatic heterocycles. The molecule has 0 radical (unpaired) electrons. The minimum atomic E-state index is 0.200. The van der Waals surface area contributed by atoms with Gasteiger partial charge in [0.25, 0.3) is 0 Å². The van der Waals surface area contributed by atoms with Gasteiger partial charge in [0.2, 0.25) is 0 Å². The first-order chi connectivity index (χ1) is 13.1. The Morgan fingerprint density at radius 3 is 1.85 bits per heavy atom. The van der Waals surface area contributed by atoms with Crippen molar-refractivity contribution in [2.45, 2.75) is 25.4 Å². The molecule has 3 atom stereocenters. The van der Waals surface area contributed by atoms with Crippen LogP contribution < -0.4 is 9.47 Å². The summed E-state index contributed by atoms with van der Waals surface area (Å²) in [5, 5.41) is 4.36. The largest absolute Gasteiger partial charge is 0.497 e. The second-order valence-corrected chi connectivity index (χ2v) is 6.93. The van der Waals surface area contributed by atoms with Crippen molar-refractivity contribution in [3.8, 4) is 11.5 Å². The molecule has 27 heavy (non-hydrogen) atoms. The first kappa shape index (κ1) is 19.2. The number of hydrogen-bond acceptors (Lipinski definition) is 5. The number of rotatable bonds is 5. The Morgan fingerprint density at radius 1 is 0.852 bits per heavy atom. The van der Waals surface area contributed by atoms with Crippen LogP contribution in [-0.2, 0) is 4.84 Å². The Balaban J connectivity index is 1.98. The molecule has 2 aromatic rings. The Bertz CT molecular complexity index is 771. The zero-order chi connectivity index (χ0) is 19.4. The van der Waals surface area contributed by atoms with Gasteiger partial charge in [-0.2, -0.15) is 0 Å². The summed E-state index contributed by atoms with van der Waals surface area (Å²) in [6.07, 6.45) is 0.838. The lowest BCUT2D eigenvalue weighted by Crippen LogP contribution is -2.42. The van der Waals surface area contributed by atoms with E-state index in [0.29, 0.717) is 0 Å². The van der Waals surface area contributed by atoms with Gasteiger partial charge in [-0.05, 0) is 42.4 Å². The predicted octanol–water partition coefficient (Wildman–Crippen LogP) is 4.46. The van der Waals surface area contributed by atoms with Gasteiger partial charge < -0.3 is 14.3 Å². The van der Waals surface area contributed by atoms with E-state index in [4.69, 9.17) is 14.3 Å². The third kappa shape index (κ3) is 3.93. The molecular formula is C22H28N2O3. The molecule has 0 spiro atoms. The highest BCUT2D eigenvalue weighted by atomic mass is 16.6. The third-order valence-electron chi connectivity index (χ3n) is 5.50. The number of nitrogens with zero attached hydrogens (tertiary/aromatic N) is 2. The van der Waals surface area contributed by atoms with Gasteiger partial charge in [0.05, 0.1) is 19.9 Å². The Hall–Kier alpha value is -2.53. The number of likely N-dealkylation sites (tertiary alicyclic amines) is 1. The van der Waals surface area contributed by atoms with Crippen LogP contribution in [0.1, 0.15) is 36.6 Å². The first-order valence-electron chi connectivity index (χ1n) is 9.18. The molecule has 2 aromatic carbocycles. The summed E-state index contributed by atoms with van der Waals surface area (Å²) in [4.78, 5) is 7.59. The van der Waals surface area contributed by atoms with Crippen molar-refractivity contribution in [1.29, 1.82) is 0 Å².